The molecule has 0 saturated carbocycles. The Balaban J connectivity index is 1.85. The van der Waals surface area contributed by atoms with Crippen LogP contribution < -0.4 is 0 Å². The second kappa shape index (κ2) is 4.83. The van der Waals surface area contributed by atoms with Crippen LogP contribution in [0.4, 0.5) is 0 Å². The Kier molecular flexibility index (Phi) is 2.71. The third kappa shape index (κ3) is 1.83. The molecule has 1 unspecified atom stereocenters. The molecule has 5 rings (SSSR count). The highest BCUT2D eigenvalue weighted by molar-refractivity contribution is 6.32. The zero-order chi connectivity index (χ0) is 17.1. The van der Waals surface area contributed by atoms with Crippen LogP contribution >= 0.6 is 0 Å². The van der Waals surface area contributed by atoms with E-state index < -0.39 is 12.1 Å². The van der Waals surface area contributed by atoms with Crippen LogP contribution in [0, 0.1) is 0 Å². The van der Waals surface area contributed by atoms with Gasteiger partial charge in [-0.25, -0.2) is 4.79 Å². The van der Waals surface area contributed by atoms with Crippen LogP contribution in [0.1, 0.15) is 27.9 Å². The number of rotatable bonds is 1. The summed E-state index contributed by atoms with van der Waals surface area (Å²) in [4.78, 5) is 28.2. The van der Waals surface area contributed by atoms with Gasteiger partial charge in [0.1, 0.15) is 11.9 Å². The first kappa shape index (κ1) is 14.0. The predicted molar refractivity (Wildman–Crippen MR) is 92.0 cm³/mol. The number of nitrogens with one attached hydrogen (secondary N) is 1. The average Bonchev–Trinajstić information content (AvgIpc) is 3.15. The smallest absolute Gasteiger partial charge is 0.339 e. The minimum atomic E-state index is -0.599. The highest BCUT2D eigenvalue weighted by atomic mass is 16.5. The first-order valence-corrected chi connectivity index (χ1v) is 8.02. The number of ketones is 1. The van der Waals surface area contributed by atoms with E-state index in [-0.39, 0.29) is 23.5 Å². The topological polar surface area (TPSA) is 79.4 Å². The number of aromatic amines is 1. The van der Waals surface area contributed by atoms with Gasteiger partial charge in [-0.15, -0.1) is 0 Å². The van der Waals surface area contributed by atoms with Gasteiger partial charge in [-0.3, -0.25) is 4.79 Å². The summed E-state index contributed by atoms with van der Waals surface area (Å²) in [5.74, 6) is -0.713. The monoisotopic (exact) mass is 331 g/mol. The Morgan fingerprint density at radius 2 is 1.88 bits per heavy atom. The van der Waals surface area contributed by atoms with Gasteiger partial charge < -0.3 is 14.8 Å². The van der Waals surface area contributed by atoms with Crippen LogP contribution in [0.15, 0.2) is 48.7 Å². The van der Waals surface area contributed by atoms with Crippen molar-refractivity contribution in [3.63, 3.8) is 0 Å². The molecule has 0 spiro atoms. The molecule has 1 atom stereocenters. The van der Waals surface area contributed by atoms with Gasteiger partial charge in [-0.1, -0.05) is 30.3 Å². The van der Waals surface area contributed by atoms with Crippen LogP contribution in [-0.4, -0.2) is 27.9 Å². The van der Waals surface area contributed by atoms with Crippen molar-refractivity contribution >= 4 is 33.8 Å². The molecule has 1 aliphatic carbocycles. The van der Waals surface area contributed by atoms with E-state index in [0.717, 1.165) is 16.5 Å². The number of ether oxygens (including phenoxy) is 1. The summed E-state index contributed by atoms with van der Waals surface area (Å²) in [5, 5.41) is 11.0. The Bertz CT molecular complexity index is 1110. The zero-order valence-corrected chi connectivity index (χ0v) is 13.1. The molecule has 1 aromatic heterocycles. The summed E-state index contributed by atoms with van der Waals surface area (Å²) < 4.78 is 5.49. The van der Waals surface area contributed by atoms with Crippen molar-refractivity contribution in [3.8, 4) is 5.75 Å². The van der Waals surface area contributed by atoms with E-state index in [1.807, 2.05) is 24.3 Å². The normalized spacial score (nSPS) is 19.1. The average molecular weight is 331 g/mol. The number of aromatic hydroxyl groups is 1. The number of benzene rings is 2. The van der Waals surface area contributed by atoms with E-state index in [0.29, 0.717) is 16.7 Å². The molecule has 2 heterocycles. The van der Waals surface area contributed by atoms with Crippen LogP contribution in [0.5, 0.6) is 5.75 Å². The minimum Gasteiger partial charge on any atom is -0.507 e. The number of para-hydroxylation sites is 1. The summed E-state index contributed by atoms with van der Waals surface area (Å²) >= 11 is 0. The molecule has 0 fully saturated rings. The summed E-state index contributed by atoms with van der Waals surface area (Å²) in [7, 11) is 0. The number of aromatic nitrogens is 1. The lowest BCUT2D eigenvalue weighted by molar-refractivity contribution is -0.137. The SMILES string of the molecule is O=C1OC2CC(=O)c3c(O)cccc3C2=C1c1c[nH]c2ccccc12. The van der Waals surface area contributed by atoms with Crippen LogP contribution in [0.2, 0.25) is 0 Å². The first-order valence-electron chi connectivity index (χ1n) is 8.02. The molecule has 0 radical (unpaired) electrons. The Morgan fingerprint density at radius 1 is 1.04 bits per heavy atom. The van der Waals surface area contributed by atoms with Gasteiger partial charge >= 0.3 is 5.97 Å². The molecule has 1 aliphatic heterocycles. The van der Waals surface area contributed by atoms with E-state index in [2.05, 4.69) is 4.98 Å². The number of fused-ring (bicyclic) bond motifs is 4. The van der Waals surface area contributed by atoms with Crippen LogP contribution in [0.3, 0.4) is 0 Å². The third-order valence-corrected chi connectivity index (χ3v) is 4.89. The molecular formula is C20H13NO4. The number of Topliss-reactive ketones (excluding diaryl/α,β-unsaturated/α-hetero) is 1. The fourth-order valence-electron chi connectivity index (χ4n) is 3.83. The van der Waals surface area contributed by atoms with Gasteiger partial charge in [0, 0.05) is 28.2 Å². The molecule has 2 aromatic carbocycles. The molecule has 5 nitrogen and oxygen atoms in total. The van der Waals surface area contributed by atoms with Crippen LogP contribution in [0.25, 0.3) is 22.0 Å². The number of H-pyrrole nitrogens is 1. The molecule has 2 aliphatic rings. The van der Waals surface area contributed by atoms with Crippen molar-refractivity contribution in [2.75, 3.05) is 0 Å². The minimum absolute atomic E-state index is 0.0531. The summed E-state index contributed by atoms with van der Waals surface area (Å²) in [6, 6.07) is 12.6. The highest BCUT2D eigenvalue weighted by Gasteiger charge is 2.43. The molecule has 3 aromatic rings. The van der Waals surface area contributed by atoms with Gasteiger partial charge in [0.05, 0.1) is 17.6 Å². The number of carbonyl (C=O) groups is 2. The largest absolute Gasteiger partial charge is 0.507 e. The summed E-state index contributed by atoms with van der Waals surface area (Å²) in [6.07, 6.45) is 1.24. The van der Waals surface area contributed by atoms with Crippen molar-refractivity contribution in [2.24, 2.45) is 0 Å². The molecule has 0 bridgehead atoms. The number of phenols is 1. The van der Waals surface area contributed by atoms with Crippen molar-refractivity contribution in [2.45, 2.75) is 12.5 Å². The maximum atomic E-state index is 12.6. The van der Waals surface area contributed by atoms with E-state index in [4.69, 9.17) is 4.74 Å². The summed E-state index contributed by atoms with van der Waals surface area (Å²) in [6.45, 7) is 0. The molecule has 5 heteroatoms. The second-order valence-electron chi connectivity index (χ2n) is 6.26. The fraction of sp³-hybridized carbons (Fsp3) is 0.100. The van der Waals surface area contributed by atoms with Crippen molar-refractivity contribution in [1.29, 1.82) is 0 Å². The molecule has 122 valence electrons. The first-order chi connectivity index (χ1) is 12.1. The molecule has 0 saturated heterocycles. The fourth-order valence-corrected chi connectivity index (χ4v) is 3.83. The van der Waals surface area contributed by atoms with Crippen molar-refractivity contribution < 1.29 is 19.4 Å². The second-order valence-corrected chi connectivity index (χ2v) is 6.26. The van der Waals surface area contributed by atoms with Crippen molar-refractivity contribution in [1.82, 2.24) is 4.98 Å². The van der Waals surface area contributed by atoms with Gasteiger partial charge in [-0.2, -0.15) is 0 Å². The van der Waals surface area contributed by atoms with Gasteiger partial charge in [0.25, 0.3) is 0 Å². The van der Waals surface area contributed by atoms with E-state index in [1.54, 1.807) is 18.3 Å². The quantitative estimate of drug-likeness (QED) is 0.671. The molecule has 0 amide bonds. The highest BCUT2D eigenvalue weighted by Crippen LogP contribution is 2.46. The number of phenolic OH excluding ortho intramolecular Hbond substituents is 1. The Morgan fingerprint density at radius 3 is 2.76 bits per heavy atom. The maximum Gasteiger partial charge on any atom is 0.339 e. The van der Waals surface area contributed by atoms with Gasteiger partial charge in [-0.05, 0) is 17.7 Å². The van der Waals surface area contributed by atoms with Crippen LogP contribution in [-0.2, 0) is 9.53 Å². The number of hydrogen-bond acceptors (Lipinski definition) is 4. The summed E-state index contributed by atoms with van der Waals surface area (Å²) in [5.41, 5.74) is 3.66. The Hall–Kier alpha value is -3.34. The van der Waals surface area contributed by atoms with E-state index >= 15 is 0 Å². The zero-order valence-electron chi connectivity index (χ0n) is 13.1. The lowest BCUT2D eigenvalue weighted by atomic mass is 9.81. The van der Waals surface area contributed by atoms with E-state index in [9.17, 15) is 14.7 Å². The molecule has 25 heavy (non-hydrogen) atoms. The van der Waals surface area contributed by atoms with E-state index in [1.165, 1.54) is 6.07 Å². The predicted octanol–water partition coefficient (Wildman–Crippen LogP) is 3.30. The lowest BCUT2D eigenvalue weighted by Gasteiger charge is -2.22. The van der Waals surface area contributed by atoms with Crippen molar-refractivity contribution in [3.05, 3.63) is 65.4 Å². The Labute approximate surface area is 142 Å². The standard InChI is InChI=1S/C20H13NO4/c22-14-7-3-5-11-17(14)15(23)8-16-18(11)19(20(24)25-16)12-9-21-13-6-2-1-4-10(12)13/h1-7,9,16,21-22H,8H2. The maximum absolute atomic E-state index is 12.6. The molecular weight excluding hydrogens is 318 g/mol. The third-order valence-electron chi connectivity index (χ3n) is 4.89. The number of esters is 1. The van der Waals surface area contributed by atoms with Gasteiger partial charge in [0.2, 0.25) is 0 Å². The van der Waals surface area contributed by atoms with Gasteiger partial charge in [0.15, 0.2) is 5.78 Å². The number of carbonyl (C=O) groups excluding carboxylic acids is 2. The number of hydrogen-bond donors (Lipinski definition) is 2. The molecule has 2 N–H and O–H groups in total. The lowest BCUT2D eigenvalue weighted by Crippen LogP contribution is -2.23.